The number of nitrogen functional groups attached to an aromatic ring is 1. The number of nitrogens with zero attached hydrogens (tertiary/aromatic N) is 3. The van der Waals surface area contributed by atoms with Crippen molar-refractivity contribution in [1.29, 1.82) is 0 Å². The van der Waals surface area contributed by atoms with Gasteiger partial charge in [-0.3, -0.25) is 9.59 Å². The second kappa shape index (κ2) is 7.21. The minimum atomic E-state index is -0.228. The van der Waals surface area contributed by atoms with Crippen molar-refractivity contribution in [3.05, 3.63) is 83.0 Å². The highest BCUT2D eigenvalue weighted by Crippen LogP contribution is 2.31. The largest absolute Gasteiger partial charge is 0.508 e. The zero-order valence-electron chi connectivity index (χ0n) is 16.4. The van der Waals surface area contributed by atoms with Gasteiger partial charge in [0.1, 0.15) is 11.4 Å². The van der Waals surface area contributed by atoms with Crippen molar-refractivity contribution in [2.24, 2.45) is 0 Å². The quantitative estimate of drug-likeness (QED) is 0.500. The van der Waals surface area contributed by atoms with Crippen LogP contribution in [-0.4, -0.2) is 32.2 Å². The third-order valence-electron chi connectivity index (χ3n) is 5.52. The van der Waals surface area contributed by atoms with E-state index in [4.69, 9.17) is 5.73 Å². The lowest BCUT2D eigenvalue weighted by atomic mass is 9.98. The lowest BCUT2D eigenvalue weighted by Gasteiger charge is -2.17. The summed E-state index contributed by atoms with van der Waals surface area (Å²) in [6.45, 7) is 1.01. The van der Waals surface area contributed by atoms with Crippen molar-refractivity contribution >= 4 is 29.0 Å². The second-order valence-corrected chi connectivity index (χ2v) is 7.48. The molecule has 1 aliphatic rings. The second-order valence-electron chi connectivity index (χ2n) is 7.48. The van der Waals surface area contributed by atoms with Crippen LogP contribution in [0, 0.1) is 0 Å². The summed E-state index contributed by atoms with van der Waals surface area (Å²) in [4.78, 5) is 35.2. The van der Waals surface area contributed by atoms with Crippen molar-refractivity contribution in [3.8, 4) is 16.9 Å². The first-order chi connectivity index (χ1) is 15.0. The third-order valence-corrected chi connectivity index (χ3v) is 5.52. The molecule has 3 N–H and O–H groups in total. The van der Waals surface area contributed by atoms with Crippen LogP contribution in [0.3, 0.4) is 0 Å². The molecule has 0 saturated heterocycles. The molecule has 5 rings (SSSR count). The van der Waals surface area contributed by atoms with Gasteiger partial charge < -0.3 is 15.7 Å². The average Bonchev–Trinajstić information content (AvgIpc) is 3.22. The van der Waals surface area contributed by atoms with E-state index in [0.717, 1.165) is 11.1 Å². The topological polar surface area (TPSA) is 109 Å². The number of benzene rings is 3. The van der Waals surface area contributed by atoms with Crippen LogP contribution in [0.25, 0.3) is 22.0 Å². The van der Waals surface area contributed by atoms with Gasteiger partial charge in [0.25, 0.3) is 5.91 Å². The maximum Gasteiger partial charge on any atom is 0.273 e. The third kappa shape index (κ3) is 3.26. The van der Waals surface area contributed by atoms with Crippen molar-refractivity contribution in [2.75, 3.05) is 5.73 Å². The fraction of sp³-hybridized carbons (Fsp3) is 0.0833. The highest BCUT2D eigenvalue weighted by molar-refractivity contribution is 6.06. The molecule has 7 heteroatoms. The van der Waals surface area contributed by atoms with Crippen molar-refractivity contribution in [1.82, 2.24) is 14.9 Å². The SMILES string of the molecule is Nc1nc(C(=O)N2Cc3ccccc3C2)c2cc(-c3ccc(O)cc3C=O)ccc2n1. The molecule has 2 heterocycles. The number of anilines is 1. The Bertz CT molecular complexity index is 1340. The summed E-state index contributed by atoms with van der Waals surface area (Å²) in [6, 6.07) is 17.9. The van der Waals surface area contributed by atoms with Crippen LogP contribution in [0.15, 0.2) is 60.7 Å². The van der Waals surface area contributed by atoms with Crippen LogP contribution < -0.4 is 5.73 Å². The van der Waals surface area contributed by atoms with E-state index in [2.05, 4.69) is 9.97 Å². The maximum atomic E-state index is 13.4. The molecule has 0 atom stereocenters. The molecule has 0 spiro atoms. The van der Waals surface area contributed by atoms with E-state index in [9.17, 15) is 14.7 Å². The number of rotatable bonds is 3. The Hall–Kier alpha value is -4.26. The highest BCUT2D eigenvalue weighted by atomic mass is 16.3. The number of carbonyl (C=O) groups excluding carboxylic acids is 2. The normalized spacial score (nSPS) is 12.7. The number of aromatic nitrogens is 2. The molecule has 0 radical (unpaired) electrons. The molecule has 4 aromatic rings. The lowest BCUT2D eigenvalue weighted by Crippen LogP contribution is -2.27. The van der Waals surface area contributed by atoms with Gasteiger partial charge in [0.15, 0.2) is 6.29 Å². The number of carbonyl (C=O) groups is 2. The first-order valence-corrected chi connectivity index (χ1v) is 9.75. The maximum absolute atomic E-state index is 13.4. The van der Waals surface area contributed by atoms with Gasteiger partial charge in [-0.2, -0.15) is 0 Å². The smallest absolute Gasteiger partial charge is 0.273 e. The molecule has 1 aromatic heterocycles. The van der Waals surface area contributed by atoms with Gasteiger partial charge in [-0.1, -0.05) is 30.3 Å². The van der Waals surface area contributed by atoms with E-state index in [-0.39, 0.29) is 23.3 Å². The van der Waals surface area contributed by atoms with Gasteiger partial charge in [0, 0.05) is 24.0 Å². The first kappa shape index (κ1) is 18.7. The molecule has 0 unspecified atom stereocenters. The molecule has 152 valence electrons. The van der Waals surface area contributed by atoms with Gasteiger partial charge in [-0.15, -0.1) is 0 Å². The number of hydrogen-bond acceptors (Lipinski definition) is 6. The van der Waals surface area contributed by atoms with Crippen molar-refractivity contribution < 1.29 is 14.7 Å². The summed E-state index contributed by atoms with van der Waals surface area (Å²) >= 11 is 0. The zero-order valence-corrected chi connectivity index (χ0v) is 16.4. The predicted molar refractivity (Wildman–Crippen MR) is 116 cm³/mol. The number of amides is 1. The summed E-state index contributed by atoms with van der Waals surface area (Å²) in [5.74, 6) is -0.195. The van der Waals surface area contributed by atoms with Crippen LogP contribution in [0.2, 0.25) is 0 Å². The molecule has 31 heavy (non-hydrogen) atoms. The van der Waals surface area contributed by atoms with Crippen LogP contribution in [0.5, 0.6) is 5.75 Å². The van der Waals surface area contributed by atoms with Gasteiger partial charge in [0.05, 0.1) is 5.52 Å². The molecule has 0 saturated carbocycles. The van der Waals surface area contributed by atoms with Crippen LogP contribution >= 0.6 is 0 Å². The molecule has 1 aliphatic heterocycles. The van der Waals surface area contributed by atoms with Crippen LogP contribution in [0.1, 0.15) is 32.0 Å². The van der Waals surface area contributed by atoms with Crippen molar-refractivity contribution in [3.63, 3.8) is 0 Å². The predicted octanol–water partition coefficient (Wildman–Crippen LogP) is 3.55. The Kier molecular flexibility index (Phi) is 4.36. The van der Waals surface area contributed by atoms with Crippen molar-refractivity contribution in [2.45, 2.75) is 13.1 Å². The van der Waals surface area contributed by atoms with E-state index in [1.807, 2.05) is 24.3 Å². The summed E-state index contributed by atoms with van der Waals surface area (Å²) in [6.07, 6.45) is 0.687. The standard InChI is InChI=1S/C24H18N4O3/c25-24-26-21-8-5-14(19-7-6-18(30)9-17(19)13-29)10-20(21)22(27-24)23(31)28-11-15-3-1-2-4-16(15)12-28/h1-10,13,30H,11-12H2,(H2,25,26,27). The van der Waals surface area contributed by atoms with E-state index < -0.39 is 0 Å². The lowest BCUT2D eigenvalue weighted by molar-refractivity contribution is 0.0747. The summed E-state index contributed by atoms with van der Waals surface area (Å²) in [5, 5.41) is 10.2. The minimum Gasteiger partial charge on any atom is -0.508 e. The molecule has 0 fully saturated rings. The minimum absolute atomic E-state index is 0.00668. The number of nitrogens with two attached hydrogens (primary N) is 1. The highest BCUT2D eigenvalue weighted by Gasteiger charge is 2.27. The number of fused-ring (bicyclic) bond motifs is 2. The molecule has 7 nitrogen and oxygen atoms in total. The number of aldehydes is 1. The Labute approximate surface area is 177 Å². The van der Waals surface area contributed by atoms with Gasteiger partial charge in [0.2, 0.25) is 5.95 Å². The summed E-state index contributed by atoms with van der Waals surface area (Å²) < 4.78 is 0. The molecular formula is C24H18N4O3. The van der Waals surface area contributed by atoms with E-state index in [1.54, 1.807) is 29.2 Å². The van der Waals surface area contributed by atoms with E-state index in [1.165, 1.54) is 12.1 Å². The van der Waals surface area contributed by atoms with E-state index in [0.29, 0.717) is 47.0 Å². The Morgan fingerprint density at radius 3 is 2.45 bits per heavy atom. The van der Waals surface area contributed by atoms with Crippen LogP contribution in [0.4, 0.5) is 5.95 Å². The fourth-order valence-electron chi connectivity index (χ4n) is 4.01. The monoisotopic (exact) mass is 410 g/mol. The molecule has 3 aromatic carbocycles. The summed E-state index contributed by atoms with van der Waals surface area (Å²) in [5.41, 5.74) is 10.6. The number of aromatic hydroxyl groups is 1. The molecule has 1 amide bonds. The average molecular weight is 410 g/mol. The van der Waals surface area contributed by atoms with Gasteiger partial charge >= 0.3 is 0 Å². The molecule has 0 bridgehead atoms. The first-order valence-electron chi connectivity index (χ1n) is 9.75. The molecular weight excluding hydrogens is 392 g/mol. The Morgan fingerprint density at radius 1 is 1.00 bits per heavy atom. The number of phenolic OH excluding ortho intramolecular Hbond substituents is 1. The Morgan fingerprint density at radius 2 is 1.74 bits per heavy atom. The number of hydrogen-bond donors (Lipinski definition) is 2. The van der Waals surface area contributed by atoms with Crippen LogP contribution in [-0.2, 0) is 13.1 Å². The number of phenols is 1. The van der Waals surface area contributed by atoms with Gasteiger partial charge in [-0.25, -0.2) is 9.97 Å². The zero-order chi connectivity index (χ0) is 21.5. The fourth-order valence-corrected chi connectivity index (χ4v) is 4.01. The summed E-state index contributed by atoms with van der Waals surface area (Å²) in [7, 11) is 0. The van der Waals surface area contributed by atoms with E-state index >= 15 is 0 Å². The Balaban J connectivity index is 1.61. The molecule has 0 aliphatic carbocycles. The van der Waals surface area contributed by atoms with Gasteiger partial charge in [-0.05, 0) is 52.6 Å².